The molecule has 0 aromatic heterocycles. The van der Waals surface area contributed by atoms with E-state index >= 15 is 0 Å². The maximum atomic E-state index is 11.9. The minimum Gasteiger partial charge on any atom is -0.484 e. The van der Waals surface area contributed by atoms with Crippen LogP contribution in [0.25, 0.3) is 0 Å². The van der Waals surface area contributed by atoms with Crippen molar-refractivity contribution in [2.75, 3.05) is 11.9 Å². The van der Waals surface area contributed by atoms with Gasteiger partial charge in [0.2, 0.25) is 0 Å². The Bertz CT molecular complexity index is 671. The summed E-state index contributed by atoms with van der Waals surface area (Å²) in [6.07, 6.45) is 1.09. The monoisotopic (exact) mass is 351 g/mol. The van der Waals surface area contributed by atoms with Crippen LogP contribution in [0.15, 0.2) is 42.5 Å². The summed E-state index contributed by atoms with van der Waals surface area (Å²) in [7, 11) is 0. The predicted octanol–water partition coefficient (Wildman–Crippen LogP) is 5.52. The first-order chi connectivity index (χ1) is 11.0. The maximum absolute atomic E-state index is 11.9. The normalized spacial score (nSPS) is 11.8. The molecule has 2 aromatic rings. The number of rotatable bonds is 6. The molecule has 1 N–H and O–H groups in total. The molecule has 0 aliphatic heterocycles. The Kier molecular flexibility index (Phi) is 6.31. The van der Waals surface area contributed by atoms with Gasteiger partial charge < -0.3 is 10.1 Å². The van der Waals surface area contributed by atoms with Gasteiger partial charge >= 0.3 is 0 Å². The number of halogens is 2. The molecule has 0 aliphatic carbocycles. The van der Waals surface area contributed by atoms with Crippen LogP contribution in [0.2, 0.25) is 10.0 Å². The molecule has 0 fully saturated rings. The third-order valence-corrected chi connectivity index (χ3v) is 4.48. The molecule has 5 heteroatoms. The summed E-state index contributed by atoms with van der Waals surface area (Å²) in [6, 6.07) is 12.9. The fourth-order valence-electron chi connectivity index (χ4n) is 2.06. The van der Waals surface area contributed by atoms with Gasteiger partial charge in [0.25, 0.3) is 5.91 Å². The standard InChI is InChI=1S/C18H19Cl2NO2/c1-3-12(2)13-7-9-14(10-8-13)23-11-17(22)21-16-6-4-5-15(19)18(16)20/h4-10,12H,3,11H2,1-2H3,(H,21,22)/t12-/m1/s1. The van der Waals surface area contributed by atoms with Crippen LogP contribution in [0.5, 0.6) is 5.75 Å². The minimum atomic E-state index is -0.292. The van der Waals surface area contributed by atoms with E-state index in [9.17, 15) is 4.79 Å². The zero-order valence-electron chi connectivity index (χ0n) is 13.1. The Balaban J connectivity index is 1.90. The predicted molar refractivity (Wildman–Crippen MR) is 95.7 cm³/mol. The molecule has 0 bridgehead atoms. The molecule has 0 spiro atoms. The molecule has 122 valence electrons. The lowest BCUT2D eigenvalue weighted by Gasteiger charge is -2.11. The molecule has 2 aromatic carbocycles. The van der Waals surface area contributed by atoms with E-state index in [0.717, 1.165) is 6.42 Å². The summed E-state index contributed by atoms with van der Waals surface area (Å²) < 4.78 is 5.49. The molecule has 0 radical (unpaired) electrons. The second-order valence-electron chi connectivity index (χ2n) is 5.32. The van der Waals surface area contributed by atoms with E-state index in [1.807, 2.05) is 24.3 Å². The molecule has 0 heterocycles. The number of hydrogen-bond donors (Lipinski definition) is 1. The van der Waals surface area contributed by atoms with E-state index in [4.69, 9.17) is 27.9 Å². The number of carbonyl (C=O) groups is 1. The van der Waals surface area contributed by atoms with E-state index < -0.39 is 0 Å². The number of carbonyl (C=O) groups excluding carboxylic acids is 1. The molecule has 3 nitrogen and oxygen atoms in total. The highest BCUT2D eigenvalue weighted by Crippen LogP contribution is 2.29. The van der Waals surface area contributed by atoms with Crippen molar-refractivity contribution < 1.29 is 9.53 Å². The van der Waals surface area contributed by atoms with Gasteiger partial charge in [0.05, 0.1) is 15.7 Å². The Morgan fingerprint density at radius 2 is 1.87 bits per heavy atom. The maximum Gasteiger partial charge on any atom is 0.262 e. The molecular formula is C18H19Cl2NO2. The first-order valence-electron chi connectivity index (χ1n) is 7.48. The zero-order valence-corrected chi connectivity index (χ0v) is 14.6. The van der Waals surface area contributed by atoms with Gasteiger partial charge in [-0.25, -0.2) is 0 Å². The van der Waals surface area contributed by atoms with Crippen molar-refractivity contribution >= 4 is 34.8 Å². The highest BCUT2D eigenvalue weighted by Gasteiger charge is 2.09. The van der Waals surface area contributed by atoms with E-state index in [2.05, 4.69) is 19.2 Å². The third-order valence-electron chi connectivity index (χ3n) is 3.66. The lowest BCUT2D eigenvalue weighted by atomic mass is 9.99. The summed E-state index contributed by atoms with van der Waals surface area (Å²) in [4.78, 5) is 11.9. The van der Waals surface area contributed by atoms with E-state index in [-0.39, 0.29) is 12.5 Å². The minimum absolute atomic E-state index is 0.0917. The Morgan fingerprint density at radius 3 is 2.52 bits per heavy atom. The van der Waals surface area contributed by atoms with Crippen LogP contribution >= 0.6 is 23.2 Å². The van der Waals surface area contributed by atoms with Crippen LogP contribution in [0.1, 0.15) is 31.7 Å². The number of hydrogen-bond acceptors (Lipinski definition) is 2. The van der Waals surface area contributed by atoms with Crippen LogP contribution in [0.4, 0.5) is 5.69 Å². The average Bonchev–Trinajstić information content (AvgIpc) is 2.57. The average molecular weight is 352 g/mol. The first kappa shape index (κ1) is 17.6. The van der Waals surface area contributed by atoms with Gasteiger partial charge in [0.15, 0.2) is 6.61 Å². The van der Waals surface area contributed by atoms with E-state index in [1.54, 1.807) is 18.2 Å². The number of anilines is 1. The van der Waals surface area contributed by atoms with Crippen molar-refractivity contribution in [3.8, 4) is 5.75 Å². The number of nitrogens with one attached hydrogen (secondary N) is 1. The quantitative estimate of drug-likeness (QED) is 0.743. The van der Waals surface area contributed by atoms with E-state index in [1.165, 1.54) is 5.56 Å². The Labute approximate surface area is 146 Å². The summed E-state index contributed by atoms with van der Waals surface area (Å²) >= 11 is 11.9. The third kappa shape index (κ3) is 4.88. The first-order valence-corrected chi connectivity index (χ1v) is 8.23. The highest BCUT2D eigenvalue weighted by molar-refractivity contribution is 6.43. The number of ether oxygens (including phenoxy) is 1. The van der Waals surface area contributed by atoms with Gasteiger partial charge in [-0.3, -0.25) is 4.79 Å². The van der Waals surface area contributed by atoms with Gasteiger partial charge in [0.1, 0.15) is 5.75 Å². The SMILES string of the molecule is CC[C@@H](C)c1ccc(OCC(=O)Nc2cccc(Cl)c2Cl)cc1. The fourth-order valence-corrected chi connectivity index (χ4v) is 2.41. The molecule has 1 atom stereocenters. The molecule has 0 saturated heterocycles. The molecule has 0 saturated carbocycles. The molecule has 23 heavy (non-hydrogen) atoms. The number of benzene rings is 2. The van der Waals surface area contributed by atoms with Crippen molar-refractivity contribution in [3.63, 3.8) is 0 Å². The smallest absolute Gasteiger partial charge is 0.262 e. The lowest BCUT2D eigenvalue weighted by Crippen LogP contribution is -2.20. The summed E-state index contributed by atoms with van der Waals surface area (Å²) in [6.45, 7) is 4.24. The summed E-state index contributed by atoms with van der Waals surface area (Å²) in [5.41, 5.74) is 1.73. The lowest BCUT2D eigenvalue weighted by molar-refractivity contribution is -0.118. The summed E-state index contributed by atoms with van der Waals surface area (Å²) in [5, 5.41) is 3.39. The summed E-state index contributed by atoms with van der Waals surface area (Å²) in [5.74, 6) is 0.877. The molecule has 0 aliphatic rings. The van der Waals surface area contributed by atoms with Gasteiger partial charge in [-0.15, -0.1) is 0 Å². The van der Waals surface area contributed by atoms with Crippen LogP contribution in [-0.2, 0) is 4.79 Å². The van der Waals surface area contributed by atoms with Gasteiger partial charge in [-0.1, -0.05) is 55.2 Å². The molecule has 2 rings (SSSR count). The van der Waals surface area contributed by atoms with Crippen molar-refractivity contribution in [3.05, 3.63) is 58.1 Å². The van der Waals surface area contributed by atoms with Gasteiger partial charge in [-0.05, 0) is 42.2 Å². The van der Waals surface area contributed by atoms with Crippen molar-refractivity contribution in [2.45, 2.75) is 26.2 Å². The van der Waals surface area contributed by atoms with Crippen LogP contribution in [0.3, 0.4) is 0 Å². The number of amides is 1. The zero-order chi connectivity index (χ0) is 16.8. The van der Waals surface area contributed by atoms with Gasteiger partial charge in [0, 0.05) is 0 Å². The molecule has 0 unspecified atom stereocenters. The topological polar surface area (TPSA) is 38.3 Å². The largest absolute Gasteiger partial charge is 0.484 e. The van der Waals surface area contributed by atoms with Crippen LogP contribution in [-0.4, -0.2) is 12.5 Å². The molecular weight excluding hydrogens is 333 g/mol. The highest BCUT2D eigenvalue weighted by atomic mass is 35.5. The van der Waals surface area contributed by atoms with Gasteiger partial charge in [-0.2, -0.15) is 0 Å². The van der Waals surface area contributed by atoms with Crippen LogP contribution < -0.4 is 10.1 Å². The second-order valence-corrected chi connectivity index (χ2v) is 6.10. The fraction of sp³-hybridized carbons (Fsp3) is 0.278. The van der Waals surface area contributed by atoms with E-state index in [0.29, 0.717) is 27.4 Å². The van der Waals surface area contributed by atoms with Crippen molar-refractivity contribution in [1.82, 2.24) is 0 Å². The second kappa shape index (κ2) is 8.23. The molecule has 1 amide bonds. The van der Waals surface area contributed by atoms with Crippen molar-refractivity contribution in [2.24, 2.45) is 0 Å². The van der Waals surface area contributed by atoms with Crippen LogP contribution in [0, 0.1) is 0 Å². The Hall–Kier alpha value is -1.71. The Morgan fingerprint density at radius 1 is 1.17 bits per heavy atom. The van der Waals surface area contributed by atoms with Crippen molar-refractivity contribution in [1.29, 1.82) is 0 Å².